The van der Waals surface area contributed by atoms with Crippen molar-refractivity contribution in [2.75, 3.05) is 5.32 Å². The van der Waals surface area contributed by atoms with Crippen LogP contribution >= 0.6 is 38.6 Å². The first-order chi connectivity index (χ1) is 13.4. The maximum absolute atomic E-state index is 11.8. The van der Waals surface area contributed by atoms with E-state index < -0.39 is 10.0 Å². The average molecular weight is 493 g/mol. The van der Waals surface area contributed by atoms with Crippen LogP contribution in [0.3, 0.4) is 0 Å². The second kappa shape index (κ2) is 6.81. The molecule has 0 amide bonds. The van der Waals surface area contributed by atoms with Gasteiger partial charge in [0, 0.05) is 26.2 Å². The summed E-state index contributed by atoms with van der Waals surface area (Å²) in [6, 6.07) is 14.0. The maximum atomic E-state index is 11.8. The molecule has 144 valence electrons. The van der Waals surface area contributed by atoms with E-state index in [1.807, 2.05) is 17.4 Å². The first-order valence-corrected chi connectivity index (χ1v) is 12.8. The number of thiophene rings is 2. The fraction of sp³-hybridized carbons (Fsp3) is 0.200. The Morgan fingerprint density at radius 3 is 2.61 bits per heavy atom. The number of rotatable bonds is 3. The smallest absolute Gasteiger partial charge is 0.238 e. The highest BCUT2D eigenvalue weighted by Gasteiger charge is 2.39. The lowest BCUT2D eigenvalue weighted by molar-refractivity contribution is 0.429. The molecule has 1 aromatic carbocycles. The number of allylic oxidation sites excluding steroid dienone is 2. The van der Waals surface area contributed by atoms with E-state index in [1.54, 1.807) is 23.5 Å². The molecule has 28 heavy (non-hydrogen) atoms. The highest BCUT2D eigenvalue weighted by molar-refractivity contribution is 9.11. The van der Waals surface area contributed by atoms with Crippen molar-refractivity contribution in [2.45, 2.75) is 23.3 Å². The van der Waals surface area contributed by atoms with Gasteiger partial charge in [-0.3, -0.25) is 0 Å². The number of primary sulfonamides is 1. The number of hydrogen-bond acceptors (Lipinski definition) is 5. The quantitative estimate of drug-likeness (QED) is 0.459. The summed E-state index contributed by atoms with van der Waals surface area (Å²) >= 11 is 7.10. The predicted octanol–water partition coefficient (Wildman–Crippen LogP) is 5.71. The molecule has 3 N–H and O–H groups in total. The second-order valence-electron chi connectivity index (χ2n) is 7.08. The zero-order chi connectivity index (χ0) is 19.5. The van der Waals surface area contributed by atoms with E-state index in [-0.39, 0.29) is 16.9 Å². The molecule has 2 aliphatic rings. The molecule has 3 heterocycles. The lowest BCUT2D eigenvalue weighted by Gasteiger charge is -2.37. The molecule has 1 aliphatic heterocycles. The van der Waals surface area contributed by atoms with Crippen molar-refractivity contribution in [3.8, 4) is 9.75 Å². The molecule has 3 atom stereocenters. The van der Waals surface area contributed by atoms with E-state index in [1.165, 1.54) is 14.6 Å². The van der Waals surface area contributed by atoms with Gasteiger partial charge in [0.1, 0.15) is 0 Å². The summed E-state index contributed by atoms with van der Waals surface area (Å²) in [6.07, 6.45) is 5.38. The molecule has 0 saturated heterocycles. The summed E-state index contributed by atoms with van der Waals surface area (Å²) in [6.45, 7) is 0. The number of anilines is 1. The summed E-state index contributed by atoms with van der Waals surface area (Å²) in [5.74, 6) is 0.564. The Hall–Kier alpha value is -1.45. The Balaban J connectivity index is 1.53. The van der Waals surface area contributed by atoms with E-state index in [4.69, 9.17) is 5.14 Å². The fourth-order valence-electron chi connectivity index (χ4n) is 4.13. The maximum Gasteiger partial charge on any atom is 0.238 e. The molecular weight excluding hydrogens is 476 g/mol. The van der Waals surface area contributed by atoms with Gasteiger partial charge in [-0.1, -0.05) is 12.2 Å². The van der Waals surface area contributed by atoms with Gasteiger partial charge in [0.05, 0.1) is 14.7 Å². The Morgan fingerprint density at radius 2 is 1.86 bits per heavy atom. The van der Waals surface area contributed by atoms with Gasteiger partial charge in [-0.15, -0.1) is 22.7 Å². The topological polar surface area (TPSA) is 72.2 Å². The molecule has 1 aliphatic carbocycles. The van der Waals surface area contributed by atoms with Crippen LogP contribution in [0.4, 0.5) is 5.69 Å². The predicted molar refractivity (Wildman–Crippen MR) is 119 cm³/mol. The lowest BCUT2D eigenvalue weighted by atomic mass is 9.79. The zero-order valence-corrected chi connectivity index (χ0v) is 18.7. The fourth-order valence-corrected chi connectivity index (χ4v) is 7.29. The number of hydrogen-bond donors (Lipinski definition) is 2. The van der Waals surface area contributed by atoms with E-state index >= 15 is 0 Å². The van der Waals surface area contributed by atoms with Crippen molar-refractivity contribution in [2.24, 2.45) is 11.1 Å². The standard InChI is InChI=1S/C20H17BrN2O2S3/c21-19-9-8-17(27-19)16-6-7-18(26-16)20-13-3-1-2-12(13)14-10-11(28(22,24)25)4-5-15(14)23-20/h1-2,4-10,12-13,20,23H,3H2,(H2,22,24,25). The van der Waals surface area contributed by atoms with Crippen LogP contribution in [-0.2, 0) is 10.0 Å². The van der Waals surface area contributed by atoms with E-state index in [0.29, 0.717) is 5.92 Å². The molecule has 5 rings (SSSR count). The number of fused-ring (bicyclic) bond motifs is 3. The minimum Gasteiger partial charge on any atom is -0.377 e. The van der Waals surface area contributed by atoms with Crippen molar-refractivity contribution in [3.05, 3.63) is 68.8 Å². The van der Waals surface area contributed by atoms with Crippen LogP contribution < -0.4 is 10.5 Å². The van der Waals surface area contributed by atoms with E-state index in [9.17, 15) is 8.42 Å². The zero-order valence-electron chi connectivity index (χ0n) is 14.6. The summed E-state index contributed by atoms with van der Waals surface area (Å²) in [5, 5.41) is 9.00. The third-order valence-electron chi connectivity index (χ3n) is 5.41. The van der Waals surface area contributed by atoms with Gasteiger partial charge in [0.25, 0.3) is 0 Å². The number of halogens is 1. The number of nitrogens with one attached hydrogen (secondary N) is 1. The van der Waals surface area contributed by atoms with Gasteiger partial charge >= 0.3 is 0 Å². The van der Waals surface area contributed by atoms with E-state index in [2.05, 4.69) is 57.7 Å². The molecule has 0 spiro atoms. The Morgan fingerprint density at radius 1 is 1.07 bits per heavy atom. The normalized spacial score (nSPS) is 23.3. The Labute approximate surface area is 180 Å². The van der Waals surface area contributed by atoms with Crippen molar-refractivity contribution < 1.29 is 8.42 Å². The molecule has 0 bridgehead atoms. The molecule has 2 aromatic heterocycles. The average Bonchev–Trinajstić information content (AvgIpc) is 3.40. The van der Waals surface area contributed by atoms with Crippen LogP contribution in [0.15, 0.2) is 63.3 Å². The minimum atomic E-state index is -3.71. The van der Waals surface area contributed by atoms with Gasteiger partial charge in [-0.05, 0) is 76.3 Å². The highest BCUT2D eigenvalue weighted by atomic mass is 79.9. The molecule has 0 fully saturated rings. The van der Waals surface area contributed by atoms with Crippen LogP contribution in [0.25, 0.3) is 9.75 Å². The third-order valence-corrected chi connectivity index (χ3v) is 9.31. The van der Waals surface area contributed by atoms with Gasteiger partial charge in [0.15, 0.2) is 0 Å². The van der Waals surface area contributed by atoms with Crippen molar-refractivity contribution in [1.29, 1.82) is 0 Å². The largest absolute Gasteiger partial charge is 0.377 e. The van der Waals surface area contributed by atoms with Crippen molar-refractivity contribution in [3.63, 3.8) is 0 Å². The molecule has 4 nitrogen and oxygen atoms in total. The summed E-state index contributed by atoms with van der Waals surface area (Å²) in [7, 11) is -3.71. The second-order valence-corrected chi connectivity index (χ2v) is 12.2. The lowest BCUT2D eigenvalue weighted by Crippen LogP contribution is -2.28. The monoisotopic (exact) mass is 492 g/mol. The first-order valence-electron chi connectivity index (χ1n) is 8.85. The van der Waals surface area contributed by atoms with Crippen LogP contribution in [0.5, 0.6) is 0 Å². The van der Waals surface area contributed by atoms with Gasteiger partial charge < -0.3 is 5.32 Å². The van der Waals surface area contributed by atoms with Crippen LogP contribution in [-0.4, -0.2) is 8.42 Å². The molecule has 3 aromatic rings. The molecule has 8 heteroatoms. The highest BCUT2D eigenvalue weighted by Crippen LogP contribution is 2.51. The van der Waals surface area contributed by atoms with Crippen LogP contribution in [0.2, 0.25) is 0 Å². The number of sulfonamides is 1. The SMILES string of the molecule is NS(=O)(=O)c1ccc2c(c1)C1C=CCC1C(c1ccc(-c3ccc(Br)s3)s1)N2. The summed E-state index contributed by atoms with van der Waals surface area (Å²) in [5.41, 5.74) is 2.00. The van der Waals surface area contributed by atoms with Gasteiger partial charge in [-0.2, -0.15) is 0 Å². The summed E-state index contributed by atoms with van der Waals surface area (Å²) in [4.78, 5) is 4.01. The Kier molecular flexibility index (Phi) is 4.52. The number of nitrogens with two attached hydrogens (primary N) is 1. The Bertz CT molecular complexity index is 1200. The minimum absolute atomic E-state index is 0.173. The van der Waals surface area contributed by atoms with Crippen LogP contribution in [0, 0.1) is 5.92 Å². The third kappa shape index (κ3) is 3.17. The van der Waals surface area contributed by atoms with Gasteiger partial charge in [0.2, 0.25) is 10.0 Å². The molecule has 3 unspecified atom stereocenters. The number of benzene rings is 1. The van der Waals surface area contributed by atoms with Crippen LogP contribution in [0.1, 0.15) is 28.8 Å². The van der Waals surface area contributed by atoms with Crippen molar-refractivity contribution >= 4 is 54.3 Å². The molecule has 0 saturated carbocycles. The van der Waals surface area contributed by atoms with Gasteiger partial charge in [-0.25, -0.2) is 13.6 Å². The molecule has 0 radical (unpaired) electrons. The first kappa shape index (κ1) is 18.6. The van der Waals surface area contributed by atoms with Crippen molar-refractivity contribution in [1.82, 2.24) is 0 Å². The summed E-state index contributed by atoms with van der Waals surface area (Å²) < 4.78 is 24.7. The molecular formula is C20H17BrN2O2S3. The van der Waals surface area contributed by atoms with E-state index in [0.717, 1.165) is 21.5 Å².